The van der Waals surface area contributed by atoms with Gasteiger partial charge in [0.05, 0.1) is 5.69 Å². The zero-order valence-electron chi connectivity index (χ0n) is 8.67. The predicted octanol–water partition coefficient (Wildman–Crippen LogP) is 1.69. The van der Waals surface area contributed by atoms with Crippen LogP contribution in [0.4, 0.5) is 0 Å². The van der Waals surface area contributed by atoms with Crippen LogP contribution in [0.1, 0.15) is 18.5 Å². The molecule has 1 aliphatic rings. The molecule has 0 unspecified atom stereocenters. The Morgan fingerprint density at radius 2 is 2.27 bits per heavy atom. The molecular weight excluding hydrogens is 254 g/mol. The fraction of sp³-hybridized carbons (Fsp3) is 0.545. The van der Waals surface area contributed by atoms with Crippen LogP contribution >= 0.6 is 15.9 Å². The van der Waals surface area contributed by atoms with Gasteiger partial charge in [-0.25, -0.2) is 0 Å². The van der Waals surface area contributed by atoms with Crippen molar-refractivity contribution >= 4 is 15.9 Å². The van der Waals surface area contributed by atoms with Gasteiger partial charge >= 0.3 is 0 Å². The third-order valence-electron chi connectivity index (χ3n) is 2.44. The summed E-state index contributed by atoms with van der Waals surface area (Å²) in [6.45, 7) is 2.88. The molecule has 3 nitrogen and oxygen atoms in total. The maximum absolute atomic E-state index is 4.29. The highest BCUT2D eigenvalue weighted by Crippen LogP contribution is 2.17. The van der Waals surface area contributed by atoms with Crippen LogP contribution in [0.2, 0.25) is 0 Å². The van der Waals surface area contributed by atoms with Gasteiger partial charge < -0.3 is 10.6 Å². The van der Waals surface area contributed by atoms with Gasteiger partial charge in [0.15, 0.2) is 0 Å². The van der Waals surface area contributed by atoms with Crippen LogP contribution in [-0.2, 0) is 6.54 Å². The summed E-state index contributed by atoms with van der Waals surface area (Å²) in [4.78, 5) is 4.29. The van der Waals surface area contributed by atoms with E-state index in [4.69, 9.17) is 0 Å². The summed E-state index contributed by atoms with van der Waals surface area (Å²) >= 11 is 3.48. The van der Waals surface area contributed by atoms with Crippen LogP contribution in [0, 0.1) is 0 Å². The zero-order chi connectivity index (χ0) is 10.5. The van der Waals surface area contributed by atoms with E-state index in [-0.39, 0.29) is 0 Å². The minimum absolute atomic E-state index is 0.799. The first-order chi connectivity index (χ1) is 7.36. The normalized spacial score (nSPS) is 15.5. The fourth-order valence-electron chi connectivity index (χ4n) is 1.41. The topological polar surface area (TPSA) is 37.0 Å². The van der Waals surface area contributed by atoms with Crippen molar-refractivity contribution < 1.29 is 0 Å². The molecule has 1 fully saturated rings. The van der Waals surface area contributed by atoms with E-state index < -0.39 is 0 Å². The second-order valence-corrected chi connectivity index (χ2v) is 4.69. The Hall–Kier alpha value is -0.450. The van der Waals surface area contributed by atoms with Crippen LogP contribution in [0.15, 0.2) is 22.8 Å². The first-order valence-electron chi connectivity index (χ1n) is 5.40. The van der Waals surface area contributed by atoms with Crippen LogP contribution in [-0.4, -0.2) is 24.1 Å². The number of hydrogen-bond donors (Lipinski definition) is 2. The summed E-state index contributed by atoms with van der Waals surface area (Å²) in [6.07, 6.45) is 4.53. The van der Waals surface area contributed by atoms with E-state index in [0.717, 1.165) is 35.8 Å². The smallest absolute Gasteiger partial charge is 0.0683 e. The largest absolute Gasteiger partial charge is 0.313 e. The molecule has 15 heavy (non-hydrogen) atoms. The molecule has 0 saturated heterocycles. The lowest BCUT2D eigenvalue weighted by atomic mass is 10.3. The monoisotopic (exact) mass is 269 g/mol. The van der Waals surface area contributed by atoms with Crippen molar-refractivity contribution in [1.29, 1.82) is 0 Å². The average Bonchev–Trinajstić information content (AvgIpc) is 3.04. The third kappa shape index (κ3) is 3.89. The van der Waals surface area contributed by atoms with E-state index in [1.807, 2.05) is 18.3 Å². The molecule has 0 amide bonds. The number of nitrogens with one attached hydrogen (secondary N) is 2. The van der Waals surface area contributed by atoms with Crippen molar-refractivity contribution in [3.63, 3.8) is 0 Å². The van der Waals surface area contributed by atoms with E-state index in [1.54, 1.807) is 0 Å². The SMILES string of the molecule is Brc1cccnc1CNCCNC1CC1. The number of halogens is 1. The summed E-state index contributed by atoms with van der Waals surface area (Å²) in [7, 11) is 0. The van der Waals surface area contributed by atoms with Crippen molar-refractivity contribution in [3.05, 3.63) is 28.5 Å². The summed E-state index contributed by atoms with van der Waals surface area (Å²) in [5.74, 6) is 0. The van der Waals surface area contributed by atoms with E-state index in [2.05, 4.69) is 31.5 Å². The zero-order valence-corrected chi connectivity index (χ0v) is 10.3. The van der Waals surface area contributed by atoms with E-state index in [1.165, 1.54) is 12.8 Å². The molecule has 0 spiro atoms. The molecule has 1 saturated carbocycles. The number of aromatic nitrogens is 1. The maximum atomic E-state index is 4.29. The van der Waals surface area contributed by atoms with Gasteiger partial charge in [-0.3, -0.25) is 4.98 Å². The molecule has 1 aromatic heterocycles. The summed E-state index contributed by atoms with van der Waals surface area (Å²) in [5.41, 5.74) is 1.07. The number of pyridine rings is 1. The summed E-state index contributed by atoms with van der Waals surface area (Å²) < 4.78 is 1.08. The molecule has 0 aliphatic heterocycles. The van der Waals surface area contributed by atoms with Crippen molar-refractivity contribution in [2.75, 3.05) is 13.1 Å². The number of rotatable bonds is 6. The lowest BCUT2D eigenvalue weighted by Gasteiger charge is -2.06. The van der Waals surface area contributed by atoms with Crippen LogP contribution in [0.5, 0.6) is 0 Å². The van der Waals surface area contributed by atoms with Gasteiger partial charge in [-0.1, -0.05) is 0 Å². The van der Waals surface area contributed by atoms with Gasteiger partial charge in [0.25, 0.3) is 0 Å². The Labute approximate surface area is 98.8 Å². The molecule has 0 aromatic carbocycles. The maximum Gasteiger partial charge on any atom is 0.0683 e. The summed E-state index contributed by atoms with van der Waals surface area (Å²) in [5, 5.41) is 6.83. The minimum atomic E-state index is 0.799. The average molecular weight is 270 g/mol. The lowest BCUT2D eigenvalue weighted by Crippen LogP contribution is -2.28. The molecule has 82 valence electrons. The molecule has 1 aliphatic carbocycles. The van der Waals surface area contributed by atoms with Crippen molar-refractivity contribution in [1.82, 2.24) is 15.6 Å². The standard InChI is InChI=1S/C11H16BrN3/c12-10-2-1-5-15-11(10)8-13-6-7-14-9-3-4-9/h1-2,5,9,13-14H,3-4,6-8H2. The van der Waals surface area contributed by atoms with Gasteiger partial charge in [0.2, 0.25) is 0 Å². The Morgan fingerprint density at radius 3 is 3.00 bits per heavy atom. The molecule has 1 aromatic rings. The third-order valence-corrected chi connectivity index (χ3v) is 3.16. The first kappa shape index (κ1) is 11.0. The van der Waals surface area contributed by atoms with Crippen LogP contribution in [0.3, 0.4) is 0 Å². The fourth-order valence-corrected chi connectivity index (χ4v) is 1.80. The molecule has 2 N–H and O–H groups in total. The Kier molecular flexibility index (Phi) is 4.11. The molecule has 2 rings (SSSR count). The molecule has 0 atom stereocenters. The van der Waals surface area contributed by atoms with Crippen molar-refractivity contribution in [2.24, 2.45) is 0 Å². The Balaban J connectivity index is 1.62. The predicted molar refractivity (Wildman–Crippen MR) is 64.7 cm³/mol. The highest BCUT2D eigenvalue weighted by Gasteiger charge is 2.19. The molecule has 0 bridgehead atoms. The minimum Gasteiger partial charge on any atom is -0.313 e. The van der Waals surface area contributed by atoms with Crippen molar-refractivity contribution in [2.45, 2.75) is 25.4 Å². The van der Waals surface area contributed by atoms with E-state index in [0.29, 0.717) is 0 Å². The lowest BCUT2D eigenvalue weighted by molar-refractivity contribution is 0.603. The van der Waals surface area contributed by atoms with Gasteiger partial charge in [0, 0.05) is 36.3 Å². The Morgan fingerprint density at radius 1 is 1.40 bits per heavy atom. The van der Waals surface area contributed by atoms with Crippen molar-refractivity contribution in [3.8, 4) is 0 Å². The van der Waals surface area contributed by atoms with E-state index >= 15 is 0 Å². The molecule has 4 heteroatoms. The molecule has 1 heterocycles. The second-order valence-electron chi connectivity index (χ2n) is 3.84. The highest BCUT2D eigenvalue weighted by molar-refractivity contribution is 9.10. The van der Waals surface area contributed by atoms with Crippen LogP contribution in [0.25, 0.3) is 0 Å². The Bertz CT molecular complexity index is 312. The quantitative estimate of drug-likeness (QED) is 0.772. The van der Waals surface area contributed by atoms with Gasteiger partial charge in [0.1, 0.15) is 0 Å². The highest BCUT2D eigenvalue weighted by atomic mass is 79.9. The number of hydrogen-bond acceptors (Lipinski definition) is 3. The van der Waals surface area contributed by atoms with Gasteiger partial charge in [-0.05, 0) is 40.9 Å². The van der Waals surface area contributed by atoms with E-state index in [9.17, 15) is 0 Å². The molecule has 0 radical (unpaired) electrons. The van der Waals surface area contributed by atoms with Gasteiger partial charge in [-0.15, -0.1) is 0 Å². The number of nitrogens with zero attached hydrogens (tertiary/aromatic N) is 1. The van der Waals surface area contributed by atoms with Gasteiger partial charge in [-0.2, -0.15) is 0 Å². The second kappa shape index (κ2) is 5.58. The summed E-state index contributed by atoms with van der Waals surface area (Å²) in [6, 6.07) is 4.75. The molecular formula is C11H16BrN3. The van der Waals surface area contributed by atoms with Crippen LogP contribution < -0.4 is 10.6 Å². The first-order valence-corrected chi connectivity index (χ1v) is 6.19.